The predicted molar refractivity (Wildman–Crippen MR) is 110 cm³/mol. The van der Waals surface area contributed by atoms with Crippen molar-refractivity contribution in [1.82, 2.24) is 14.3 Å². The fourth-order valence-electron chi connectivity index (χ4n) is 4.22. The lowest BCUT2D eigenvalue weighted by Gasteiger charge is -2.34. The number of aliphatic hydroxyl groups excluding tert-OH is 1. The first-order valence-corrected chi connectivity index (χ1v) is 10.2. The van der Waals surface area contributed by atoms with E-state index in [1.54, 1.807) is 22.7 Å². The Morgan fingerprint density at radius 3 is 2.62 bits per heavy atom. The summed E-state index contributed by atoms with van der Waals surface area (Å²) in [5.74, 6) is -0.114. The summed E-state index contributed by atoms with van der Waals surface area (Å²) >= 11 is 0. The van der Waals surface area contributed by atoms with Crippen LogP contribution in [0.5, 0.6) is 0 Å². The Morgan fingerprint density at radius 1 is 1.17 bits per heavy atom. The second kappa shape index (κ2) is 8.43. The average Bonchev–Trinajstić information content (AvgIpc) is 2.74. The number of rotatable bonds is 5. The van der Waals surface area contributed by atoms with E-state index < -0.39 is 6.10 Å². The molecule has 1 atom stereocenters. The molecule has 1 saturated heterocycles. The molecular weight excluding hydrogens is 369 g/mol. The van der Waals surface area contributed by atoms with Gasteiger partial charge in [-0.25, -0.2) is 9.37 Å². The summed E-state index contributed by atoms with van der Waals surface area (Å²) in [6.45, 7) is 4.46. The summed E-state index contributed by atoms with van der Waals surface area (Å²) in [5, 5.41) is 10.6. The van der Waals surface area contributed by atoms with Crippen LogP contribution < -0.4 is 5.56 Å². The van der Waals surface area contributed by atoms with Crippen molar-refractivity contribution in [1.29, 1.82) is 0 Å². The molecule has 152 valence electrons. The molecule has 1 fully saturated rings. The zero-order valence-electron chi connectivity index (χ0n) is 16.6. The van der Waals surface area contributed by atoms with Gasteiger partial charge in [0.2, 0.25) is 0 Å². The third kappa shape index (κ3) is 4.23. The van der Waals surface area contributed by atoms with Gasteiger partial charge in [0.1, 0.15) is 11.5 Å². The highest BCUT2D eigenvalue weighted by Crippen LogP contribution is 2.30. The first kappa shape index (κ1) is 19.7. The molecule has 5 nitrogen and oxygen atoms in total. The highest BCUT2D eigenvalue weighted by atomic mass is 19.1. The summed E-state index contributed by atoms with van der Waals surface area (Å²) in [5.41, 5.74) is 3.02. The molecule has 0 aliphatic carbocycles. The van der Waals surface area contributed by atoms with E-state index in [1.165, 1.54) is 12.1 Å². The van der Waals surface area contributed by atoms with E-state index in [0.29, 0.717) is 12.1 Å². The minimum absolute atomic E-state index is 0.00900. The van der Waals surface area contributed by atoms with Crippen LogP contribution in [0.25, 0.3) is 5.65 Å². The van der Waals surface area contributed by atoms with E-state index in [-0.39, 0.29) is 17.3 Å². The summed E-state index contributed by atoms with van der Waals surface area (Å²) in [6.07, 6.45) is 3.63. The smallest absolute Gasteiger partial charge is 0.261 e. The maximum absolute atomic E-state index is 13.1. The molecule has 3 heterocycles. The van der Waals surface area contributed by atoms with E-state index in [0.717, 1.165) is 49.3 Å². The number of piperidine rings is 1. The van der Waals surface area contributed by atoms with Crippen molar-refractivity contribution < 1.29 is 9.50 Å². The molecule has 29 heavy (non-hydrogen) atoms. The van der Waals surface area contributed by atoms with Crippen molar-refractivity contribution in [2.24, 2.45) is 5.92 Å². The van der Waals surface area contributed by atoms with Gasteiger partial charge < -0.3 is 10.0 Å². The number of likely N-dealkylation sites (tertiary alicyclic amines) is 1. The SMILES string of the molecule is Cc1nc2ccccn2c(=O)c1CCN1CCC([C@@H](O)c2ccc(F)cc2)CC1. The molecule has 0 bridgehead atoms. The Morgan fingerprint density at radius 2 is 1.90 bits per heavy atom. The molecule has 3 aromatic rings. The molecule has 0 unspecified atom stereocenters. The zero-order valence-corrected chi connectivity index (χ0v) is 16.6. The molecule has 0 radical (unpaired) electrons. The Bertz CT molecular complexity index is 1040. The van der Waals surface area contributed by atoms with E-state index in [2.05, 4.69) is 9.88 Å². The Balaban J connectivity index is 1.36. The Hall–Kier alpha value is -2.57. The van der Waals surface area contributed by atoms with Crippen LogP contribution in [0.4, 0.5) is 4.39 Å². The van der Waals surface area contributed by atoms with Gasteiger partial charge >= 0.3 is 0 Å². The first-order chi connectivity index (χ1) is 14.0. The van der Waals surface area contributed by atoms with Gasteiger partial charge in [-0.3, -0.25) is 9.20 Å². The van der Waals surface area contributed by atoms with E-state index in [1.807, 2.05) is 25.1 Å². The quantitative estimate of drug-likeness (QED) is 0.721. The molecule has 0 saturated carbocycles. The number of pyridine rings is 1. The van der Waals surface area contributed by atoms with Crippen LogP contribution in [0.15, 0.2) is 53.5 Å². The Kier molecular flexibility index (Phi) is 5.74. The van der Waals surface area contributed by atoms with Crippen LogP contribution in [0.3, 0.4) is 0 Å². The third-order valence-electron chi connectivity index (χ3n) is 6.00. The molecule has 2 aromatic heterocycles. The second-order valence-electron chi connectivity index (χ2n) is 7.84. The largest absolute Gasteiger partial charge is 0.388 e. The number of aliphatic hydroxyl groups is 1. The minimum Gasteiger partial charge on any atom is -0.388 e. The Labute approximate surface area is 169 Å². The van der Waals surface area contributed by atoms with Gasteiger partial charge in [-0.1, -0.05) is 18.2 Å². The van der Waals surface area contributed by atoms with Crippen molar-refractivity contribution >= 4 is 5.65 Å². The number of halogens is 1. The number of hydrogen-bond donors (Lipinski definition) is 1. The fourth-order valence-corrected chi connectivity index (χ4v) is 4.22. The summed E-state index contributed by atoms with van der Waals surface area (Å²) in [6, 6.07) is 11.7. The monoisotopic (exact) mass is 395 g/mol. The van der Waals surface area contributed by atoms with Crippen LogP contribution in [0.1, 0.15) is 35.8 Å². The molecule has 6 heteroatoms. The maximum Gasteiger partial charge on any atom is 0.261 e. The molecule has 4 rings (SSSR count). The molecule has 1 N–H and O–H groups in total. The van der Waals surface area contributed by atoms with Gasteiger partial charge in [0, 0.05) is 24.0 Å². The van der Waals surface area contributed by atoms with Gasteiger partial charge in [0.25, 0.3) is 5.56 Å². The number of hydrogen-bond acceptors (Lipinski definition) is 4. The van der Waals surface area contributed by atoms with E-state index in [9.17, 15) is 14.3 Å². The van der Waals surface area contributed by atoms with Crippen LogP contribution >= 0.6 is 0 Å². The third-order valence-corrected chi connectivity index (χ3v) is 6.00. The number of aromatic nitrogens is 2. The van der Waals surface area contributed by atoms with E-state index in [4.69, 9.17) is 0 Å². The second-order valence-corrected chi connectivity index (χ2v) is 7.84. The van der Waals surface area contributed by atoms with Crippen molar-refractivity contribution in [3.63, 3.8) is 0 Å². The normalized spacial score (nSPS) is 16.9. The maximum atomic E-state index is 13.1. The summed E-state index contributed by atoms with van der Waals surface area (Å²) in [7, 11) is 0. The standard InChI is InChI=1S/C23H26FN3O2/c1-16-20(23(29)27-12-3-2-4-21(27)25-16)11-15-26-13-9-18(10-14-26)22(28)17-5-7-19(24)8-6-17/h2-8,12,18,22,28H,9-11,13-15H2,1H3/t22-/m0/s1. The lowest BCUT2D eigenvalue weighted by molar-refractivity contribution is 0.0591. The van der Waals surface area contributed by atoms with Crippen molar-refractivity contribution in [3.05, 3.63) is 81.7 Å². The fraction of sp³-hybridized carbons (Fsp3) is 0.391. The minimum atomic E-state index is -0.561. The average molecular weight is 395 g/mol. The van der Waals surface area contributed by atoms with Crippen LogP contribution in [0, 0.1) is 18.7 Å². The molecular formula is C23H26FN3O2. The number of benzene rings is 1. The predicted octanol–water partition coefficient (Wildman–Crippen LogP) is 3.13. The molecule has 0 amide bonds. The molecule has 1 aliphatic heterocycles. The van der Waals surface area contributed by atoms with Crippen molar-refractivity contribution in [2.45, 2.75) is 32.3 Å². The van der Waals surface area contributed by atoms with Gasteiger partial charge in [0.05, 0.1) is 6.10 Å². The lowest BCUT2D eigenvalue weighted by atomic mass is 9.87. The van der Waals surface area contributed by atoms with Crippen LogP contribution in [-0.4, -0.2) is 39.0 Å². The zero-order chi connectivity index (χ0) is 20.4. The molecule has 1 aliphatic rings. The van der Waals surface area contributed by atoms with Crippen LogP contribution in [-0.2, 0) is 6.42 Å². The van der Waals surface area contributed by atoms with Crippen molar-refractivity contribution in [3.8, 4) is 0 Å². The number of aryl methyl sites for hydroxylation is 1. The highest BCUT2D eigenvalue weighted by molar-refractivity contribution is 5.40. The number of nitrogens with zero attached hydrogens (tertiary/aromatic N) is 3. The van der Waals surface area contributed by atoms with Crippen LogP contribution in [0.2, 0.25) is 0 Å². The van der Waals surface area contributed by atoms with E-state index >= 15 is 0 Å². The van der Waals surface area contributed by atoms with Gasteiger partial charge in [0.15, 0.2) is 0 Å². The first-order valence-electron chi connectivity index (χ1n) is 10.2. The topological polar surface area (TPSA) is 57.8 Å². The van der Waals surface area contributed by atoms with Crippen molar-refractivity contribution in [2.75, 3.05) is 19.6 Å². The lowest BCUT2D eigenvalue weighted by Crippen LogP contribution is -2.37. The van der Waals surface area contributed by atoms with Gasteiger partial charge in [-0.2, -0.15) is 0 Å². The summed E-state index contributed by atoms with van der Waals surface area (Å²) < 4.78 is 14.7. The highest BCUT2D eigenvalue weighted by Gasteiger charge is 2.26. The van der Waals surface area contributed by atoms with Gasteiger partial charge in [-0.15, -0.1) is 0 Å². The molecule has 1 aromatic carbocycles. The number of fused-ring (bicyclic) bond motifs is 1. The molecule has 0 spiro atoms. The summed E-state index contributed by atoms with van der Waals surface area (Å²) in [4.78, 5) is 19.7. The van der Waals surface area contributed by atoms with Gasteiger partial charge in [-0.05, 0) is 75.0 Å².